The average Bonchev–Trinajstić information content (AvgIpc) is 2.96. The predicted octanol–water partition coefficient (Wildman–Crippen LogP) is 1.83. The van der Waals surface area contributed by atoms with Crippen molar-refractivity contribution in [3.8, 4) is 11.5 Å². The molecule has 0 amide bonds. The van der Waals surface area contributed by atoms with Crippen molar-refractivity contribution in [2.45, 2.75) is 13.5 Å². The summed E-state index contributed by atoms with van der Waals surface area (Å²) in [6, 6.07) is 9.01. The predicted molar refractivity (Wildman–Crippen MR) is 76.9 cm³/mol. The van der Waals surface area contributed by atoms with Crippen molar-refractivity contribution >= 4 is 18.9 Å². The van der Waals surface area contributed by atoms with Gasteiger partial charge in [-0.25, -0.2) is 9.78 Å². The fraction of sp³-hybridized carbons (Fsp3) is 0.200. The quantitative estimate of drug-likeness (QED) is 0.632. The molecule has 0 unspecified atom stereocenters. The van der Waals surface area contributed by atoms with E-state index in [0.29, 0.717) is 24.7 Å². The SMILES string of the molecule is CCOC(=O)c1ccc(Oc2ccc3c(c2)CO[B]3)cn1. The van der Waals surface area contributed by atoms with Crippen molar-refractivity contribution in [1.29, 1.82) is 0 Å². The molecule has 1 aliphatic rings. The lowest BCUT2D eigenvalue weighted by Gasteiger charge is -2.07. The van der Waals surface area contributed by atoms with E-state index >= 15 is 0 Å². The van der Waals surface area contributed by atoms with E-state index in [9.17, 15) is 4.79 Å². The van der Waals surface area contributed by atoms with Crippen LogP contribution in [0.1, 0.15) is 23.0 Å². The van der Waals surface area contributed by atoms with Crippen LogP contribution in [0.5, 0.6) is 11.5 Å². The van der Waals surface area contributed by atoms with E-state index in [1.165, 1.54) is 6.20 Å². The zero-order chi connectivity index (χ0) is 14.7. The molecule has 2 heterocycles. The van der Waals surface area contributed by atoms with Gasteiger partial charge in [0.1, 0.15) is 17.2 Å². The molecule has 0 spiro atoms. The molecule has 105 valence electrons. The van der Waals surface area contributed by atoms with Crippen LogP contribution >= 0.6 is 0 Å². The zero-order valence-corrected chi connectivity index (χ0v) is 11.5. The number of hydrogen-bond acceptors (Lipinski definition) is 5. The van der Waals surface area contributed by atoms with Crippen molar-refractivity contribution in [1.82, 2.24) is 4.98 Å². The maximum Gasteiger partial charge on any atom is 0.356 e. The molecule has 0 N–H and O–H groups in total. The number of carbonyl (C=O) groups excluding carboxylic acids is 1. The number of nitrogens with zero attached hydrogens (tertiary/aromatic N) is 1. The molecule has 0 saturated heterocycles. The third-order valence-corrected chi connectivity index (χ3v) is 3.02. The number of fused-ring (bicyclic) bond motifs is 1. The van der Waals surface area contributed by atoms with Gasteiger partial charge >= 0.3 is 13.5 Å². The first-order valence-corrected chi connectivity index (χ1v) is 6.65. The first kappa shape index (κ1) is 13.6. The van der Waals surface area contributed by atoms with Gasteiger partial charge in [0, 0.05) is 0 Å². The molecule has 1 aliphatic heterocycles. The van der Waals surface area contributed by atoms with Gasteiger partial charge in [0.25, 0.3) is 0 Å². The van der Waals surface area contributed by atoms with Crippen LogP contribution in [0.2, 0.25) is 0 Å². The minimum absolute atomic E-state index is 0.265. The van der Waals surface area contributed by atoms with E-state index in [2.05, 4.69) is 4.98 Å². The highest BCUT2D eigenvalue weighted by molar-refractivity contribution is 6.48. The number of ether oxygens (including phenoxy) is 2. The van der Waals surface area contributed by atoms with Gasteiger partial charge in [-0.05, 0) is 42.2 Å². The zero-order valence-electron chi connectivity index (χ0n) is 11.5. The second-order valence-electron chi connectivity index (χ2n) is 4.49. The van der Waals surface area contributed by atoms with E-state index in [0.717, 1.165) is 11.0 Å². The molecule has 0 fully saturated rings. The van der Waals surface area contributed by atoms with E-state index in [1.54, 1.807) is 26.5 Å². The highest BCUT2D eigenvalue weighted by Crippen LogP contribution is 2.22. The molecule has 1 aromatic heterocycles. The average molecular weight is 282 g/mol. The summed E-state index contributed by atoms with van der Waals surface area (Å²) in [4.78, 5) is 15.5. The third-order valence-electron chi connectivity index (χ3n) is 3.02. The molecule has 2 aromatic rings. The van der Waals surface area contributed by atoms with Gasteiger partial charge in [-0.15, -0.1) is 0 Å². The van der Waals surface area contributed by atoms with Crippen LogP contribution in [-0.2, 0) is 16.0 Å². The smallest absolute Gasteiger partial charge is 0.356 e. The third kappa shape index (κ3) is 3.06. The monoisotopic (exact) mass is 282 g/mol. The molecule has 1 radical (unpaired) electrons. The largest absolute Gasteiger partial charge is 0.461 e. The molecule has 0 saturated carbocycles. The molecule has 6 heteroatoms. The van der Waals surface area contributed by atoms with E-state index in [-0.39, 0.29) is 5.69 Å². The van der Waals surface area contributed by atoms with Crippen LogP contribution in [0.25, 0.3) is 0 Å². The second kappa shape index (κ2) is 5.97. The standard InChI is InChI=1S/C15H13BNO4/c1-2-19-15(18)14-6-4-12(8-17-14)21-11-3-5-13-10(7-11)9-20-16-13/h3-8H,2,9H2,1H3. The Balaban J connectivity index is 1.72. The van der Waals surface area contributed by atoms with Gasteiger partial charge in [0.15, 0.2) is 0 Å². The molecule has 0 atom stereocenters. The van der Waals surface area contributed by atoms with Crippen molar-refractivity contribution < 1.29 is 18.9 Å². The highest BCUT2D eigenvalue weighted by Gasteiger charge is 2.14. The van der Waals surface area contributed by atoms with Gasteiger partial charge in [-0.2, -0.15) is 0 Å². The maximum absolute atomic E-state index is 11.5. The van der Waals surface area contributed by atoms with Crippen LogP contribution in [0.3, 0.4) is 0 Å². The molecule has 0 aliphatic carbocycles. The van der Waals surface area contributed by atoms with Gasteiger partial charge in [-0.3, -0.25) is 0 Å². The van der Waals surface area contributed by atoms with E-state index in [4.69, 9.17) is 14.1 Å². The van der Waals surface area contributed by atoms with Gasteiger partial charge in [0.2, 0.25) is 0 Å². The number of esters is 1. The normalized spacial score (nSPS) is 12.4. The van der Waals surface area contributed by atoms with E-state index in [1.807, 2.05) is 18.2 Å². The number of carbonyl (C=O) groups is 1. The van der Waals surface area contributed by atoms with Crippen LogP contribution in [0.4, 0.5) is 0 Å². The molecular formula is C15H13BNO4. The fourth-order valence-corrected chi connectivity index (χ4v) is 2.01. The number of aromatic nitrogens is 1. The Hall–Kier alpha value is -2.34. The van der Waals surface area contributed by atoms with Crippen molar-refractivity contribution in [3.63, 3.8) is 0 Å². The summed E-state index contributed by atoms with van der Waals surface area (Å²) in [7, 11) is 1.73. The fourth-order valence-electron chi connectivity index (χ4n) is 2.01. The summed E-state index contributed by atoms with van der Waals surface area (Å²) in [5.41, 5.74) is 2.42. The first-order chi connectivity index (χ1) is 10.3. The number of benzene rings is 1. The molecule has 21 heavy (non-hydrogen) atoms. The topological polar surface area (TPSA) is 57.7 Å². The molecule has 0 bridgehead atoms. The Kier molecular flexibility index (Phi) is 3.88. The number of hydrogen-bond donors (Lipinski definition) is 0. The Bertz CT molecular complexity index is 657. The van der Waals surface area contributed by atoms with Crippen LogP contribution in [0.15, 0.2) is 36.5 Å². The summed E-state index contributed by atoms with van der Waals surface area (Å²) in [6.45, 7) is 2.64. The molecule has 1 aromatic carbocycles. The Morgan fingerprint density at radius 1 is 1.33 bits per heavy atom. The Morgan fingerprint density at radius 3 is 2.95 bits per heavy atom. The summed E-state index contributed by atoms with van der Waals surface area (Å²) in [5, 5.41) is 0. The minimum Gasteiger partial charge on any atom is -0.461 e. The minimum atomic E-state index is -0.436. The Labute approximate surface area is 123 Å². The molecule has 5 nitrogen and oxygen atoms in total. The van der Waals surface area contributed by atoms with Crippen LogP contribution in [0, 0.1) is 0 Å². The van der Waals surface area contributed by atoms with Crippen molar-refractivity contribution in [2.75, 3.05) is 6.61 Å². The summed E-state index contributed by atoms with van der Waals surface area (Å²) in [5.74, 6) is 0.832. The van der Waals surface area contributed by atoms with Crippen molar-refractivity contribution in [3.05, 3.63) is 47.8 Å². The number of rotatable bonds is 4. The van der Waals surface area contributed by atoms with Gasteiger partial charge in [-0.1, -0.05) is 6.07 Å². The van der Waals surface area contributed by atoms with Crippen molar-refractivity contribution in [2.24, 2.45) is 0 Å². The molecular weight excluding hydrogens is 269 g/mol. The summed E-state index contributed by atoms with van der Waals surface area (Å²) >= 11 is 0. The lowest BCUT2D eigenvalue weighted by Crippen LogP contribution is -2.10. The highest BCUT2D eigenvalue weighted by atomic mass is 16.5. The lowest BCUT2D eigenvalue weighted by atomic mass is 9.87. The van der Waals surface area contributed by atoms with Gasteiger partial charge in [0.05, 0.1) is 19.4 Å². The summed E-state index contributed by atoms with van der Waals surface area (Å²) < 4.78 is 15.8. The first-order valence-electron chi connectivity index (χ1n) is 6.65. The maximum atomic E-state index is 11.5. The van der Waals surface area contributed by atoms with Gasteiger partial charge < -0.3 is 14.1 Å². The van der Waals surface area contributed by atoms with E-state index < -0.39 is 5.97 Å². The molecule has 3 rings (SSSR count). The van der Waals surface area contributed by atoms with Crippen LogP contribution < -0.4 is 10.2 Å². The Morgan fingerprint density at radius 2 is 2.19 bits per heavy atom. The lowest BCUT2D eigenvalue weighted by molar-refractivity contribution is 0.0519. The second-order valence-corrected chi connectivity index (χ2v) is 4.49. The van der Waals surface area contributed by atoms with Crippen LogP contribution in [-0.4, -0.2) is 25.0 Å². The summed E-state index contributed by atoms with van der Waals surface area (Å²) in [6.07, 6.45) is 1.50. The number of pyridine rings is 1.